The molecule has 0 aromatic heterocycles. The predicted molar refractivity (Wildman–Crippen MR) is 109 cm³/mol. The SMILES string of the molecule is CCCCCc1ccc(C(=O)Oc2cc(F)c(C#N)c(F)c2)cc1CCCCC. The number of nitriles is 1. The second-order valence-corrected chi connectivity index (χ2v) is 7.16. The fourth-order valence-corrected chi connectivity index (χ4v) is 3.24. The number of rotatable bonds is 10. The molecule has 0 amide bonds. The third-order valence-corrected chi connectivity index (χ3v) is 4.88. The van der Waals surface area contributed by atoms with Crippen molar-refractivity contribution in [2.75, 3.05) is 0 Å². The summed E-state index contributed by atoms with van der Waals surface area (Å²) in [5.74, 6) is -3.04. The van der Waals surface area contributed by atoms with Crippen molar-refractivity contribution in [2.45, 2.75) is 65.2 Å². The number of unbranched alkanes of at least 4 members (excludes halogenated alkanes) is 4. The van der Waals surface area contributed by atoms with Crippen LogP contribution in [0.4, 0.5) is 8.78 Å². The van der Waals surface area contributed by atoms with E-state index in [9.17, 15) is 13.6 Å². The van der Waals surface area contributed by atoms with Crippen LogP contribution < -0.4 is 4.74 Å². The lowest BCUT2D eigenvalue weighted by Crippen LogP contribution is -2.10. The molecular weight excluding hydrogens is 372 g/mol. The van der Waals surface area contributed by atoms with Gasteiger partial charge in [0.1, 0.15) is 29.0 Å². The molecule has 0 unspecified atom stereocenters. The van der Waals surface area contributed by atoms with Gasteiger partial charge in [0.15, 0.2) is 0 Å². The summed E-state index contributed by atoms with van der Waals surface area (Å²) in [6, 6.07) is 8.62. The van der Waals surface area contributed by atoms with Gasteiger partial charge in [0.2, 0.25) is 0 Å². The Balaban J connectivity index is 2.20. The molecule has 2 aromatic rings. The summed E-state index contributed by atoms with van der Waals surface area (Å²) in [5, 5.41) is 8.73. The monoisotopic (exact) mass is 399 g/mol. The predicted octanol–water partition coefficient (Wildman–Crippen LogP) is 6.52. The molecule has 5 heteroatoms. The van der Waals surface area contributed by atoms with E-state index in [1.807, 2.05) is 12.1 Å². The summed E-state index contributed by atoms with van der Waals surface area (Å²) in [6.45, 7) is 4.31. The third-order valence-electron chi connectivity index (χ3n) is 4.88. The zero-order chi connectivity index (χ0) is 21.2. The summed E-state index contributed by atoms with van der Waals surface area (Å²) in [7, 11) is 0. The van der Waals surface area contributed by atoms with Crippen molar-refractivity contribution in [3.63, 3.8) is 0 Å². The average Bonchev–Trinajstić information content (AvgIpc) is 2.69. The summed E-state index contributed by atoms with van der Waals surface area (Å²) in [5.41, 5.74) is 2.02. The van der Waals surface area contributed by atoms with Crippen LogP contribution in [0.15, 0.2) is 30.3 Å². The Morgan fingerprint density at radius 2 is 1.52 bits per heavy atom. The number of nitrogens with zero attached hydrogens (tertiary/aromatic N) is 1. The smallest absolute Gasteiger partial charge is 0.343 e. The summed E-state index contributed by atoms with van der Waals surface area (Å²) < 4.78 is 32.6. The van der Waals surface area contributed by atoms with Gasteiger partial charge in [-0.25, -0.2) is 13.6 Å². The molecule has 0 aliphatic rings. The highest BCUT2D eigenvalue weighted by molar-refractivity contribution is 5.91. The molecular formula is C24H27F2NO2. The number of benzene rings is 2. The minimum absolute atomic E-state index is 0.261. The standard InChI is InChI=1S/C24H27F2NO2/c1-3-5-7-9-17-11-12-19(13-18(17)10-8-6-4-2)24(28)29-20-14-22(25)21(16-27)23(26)15-20/h11-15H,3-10H2,1-2H3. The van der Waals surface area contributed by atoms with Crippen LogP contribution in [0.25, 0.3) is 0 Å². The van der Waals surface area contributed by atoms with Gasteiger partial charge in [-0.15, -0.1) is 0 Å². The third kappa shape index (κ3) is 6.39. The number of esters is 1. The quantitative estimate of drug-likeness (QED) is 0.260. The van der Waals surface area contributed by atoms with E-state index in [4.69, 9.17) is 10.00 Å². The number of carbonyl (C=O) groups is 1. The zero-order valence-electron chi connectivity index (χ0n) is 17.1. The van der Waals surface area contributed by atoms with Crippen LogP contribution in [0.5, 0.6) is 5.75 Å². The van der Waals surface area contributed by atoms with Crippen molar-refractivity contribution in [3.05, 3.63) is 64.2 Å². The van der Waals surface area contributed by atoms with Crippen LogP contribution in [-0.4, -0.2) is 5.97 Å². The van der Waals surface area contributed by atoms with Crippen molar-refractivity contribution < 1.29 is 18.3 Å². The Labute approximate surface area is 171 Å². The highest BCUT2D eigenvalue weighted by atomic mass is 19.1. The van der Waals surface area contributed by atoms with Crippen LogP contribution in [0.1, 0.15) is 79.4 Å². The van der Waals surface area contributed by atoms with E-state index in [0.717, 1.165) is 69.1 Å². The molecule has 0 saturated carbocycles. The van der Waals surface area contributed by atoms with Crippen molar-refractivity contribution in [1.82, 2.24) is 0 Å². The van der Waals surface area contributed by atoms with E-state index in [0.29, 0.717) is 5.56 Å². The lowest BCUT2D eigenvalue weighted by atomic mass is 9.95. The van der Waals surface area contributed by atoms with Gasteiger partial charge in [0.25, 0.3) is 0 Å². The van der Waals surface area contributed by atoms with Crippen LogP contribution in [0, 0.1) is 23.0 Å². The second-order valence-electron chi connectivity index (χ2n) is 7.16. The fourth-order valence-electron chi connectivity index (χ4n) is 3.24. The number of hydrogen-bond acceptors (Lipinski definition) is 3. The molecule has 3 nitrogen and oxygen atoms in total. The Hall–Kier alpha value is -2.74. The number of halogens is 2. The molecule has 2 rings (SSSR count). The van der Waals surface area contributed by atoms with Crippen molar-refractivity contribution >= 4 is 5.97 Å². The number of carbonyl (C=O) groups excluding carboxylic acids is 1. The van der Waals surface area contributed by atoms with E-state index in [1.165, 1.54) is 11.6 Å². The van der Waals surface area contributed by atoms with E-state index in [2.05, 4.69) is 13.8 Å². The van der Waals surface area contributed by atoms with Gasteiger partial charge < -0.3 is 4.74 Å². The molecule has 0 fully saturated rings. The topological polar surface area (TPSA) is 50.1 Å². The molecule has 2 aromatic carbocycles. The lowest BCUT2D eigenvalue weighted by molar-refractivity contribution is 0.0734. The Morgan fingerprint density at radius 1 is 0.931 bits per heavy atom. The van der Waals surface area contributed by atoms with Gasteiger partial charge >= 0.3 is 5.97 Å². The number of ether oxygens (including phenoxy) is 1. The molecule has 0 heterocycles. The van der Waals surface area contributed by atoms with Gasteiger partial charge in [-0.3, -0.25) is 0 Å². The number of aryl methyl sites for hydroxylation is 2. The van der Waals surface area contributed by atoms with E-state index in [1.54, 1.807) is 6.07 Å². The molecule has 0 saturated heterocycles. The lowest BCUT2D eigenvalue weighted by Gasteiger charge is -2.12. The van der Waals surface area contributed by atoms with Gasteiger partial charge in [0, 0.05) is 12.1 Å². The normalized spacial score (nSPS) is 10.6. The largest absolute Gasteiger partial charge is 0.423 e. The average molecular weight is 399 g/mol. The minimum atomic E-state index is -1.05. The molecule has 0 aliphatic heterocycles. The first kappa shape index (κ1) is 22.5. The van der Waals surface area contributed by atoms with Gasteiger partial charge in [-0.05, 0) is 48.9 Å². The Morgan fingerprint density at radius 3 is 2.07 bits per heavy atom. The Bertz CT molecular complexity index is 864. The highest BCUT2D eigenvalue weighted by Gasteiger charge is 2.16. The molecule has 154 valence electrons. The maximum atomic E-state index is 13.7. The van der Waals surface area contributed by atoms with Gasteiger partial charge in [-0.1, -0.05) is 45.6 Å². The molecule has 0 spiro atoms. The summed E-state index contributed by atoms with van der Waals surface area (Å²) in [6.07, 6.45) is 8.54. The van der Waals surface area contributed by atoms with Crippen LogP contribution in [0.3, 0.4) is 0 Å². The molecule has 0 aliphatic carbocycles. The molecule has 0 atom stereocenters. The summed E-state index contributed by atoms with van der Waals surface area (Å²) >= 11 is 0. The van der Waals surface area contributed by atoms with E-state index < -0.39 is 23.2 Å². The first-order valence-electron chi connectivity index (χ1n) is 10.2. The van der Waals surface area contributed by atoms with Crippen LogP contribution >= 0.6 is 0 Å². The summed E-state index contributed by atoms with van der Waals surface area (Å²) in [4.78, 5) is 12.5. The van der Waals surface area contributed by atoms with Gasteiger partial charge in [-0.2, -0.15) is 5.26 Å². The Kier molecular flexibility index (Phi) is 8.79. The van der Waals surface area contributed by atoms with E-state index >= 15 is 0 Å². The number of hydrogen-bond donors (Lipinski definition) is 0. The zero-order valence-corrected chi connectivity index (χ0v) is 17.1. The van der Waals surface area contributed by atoms with Crippen LogP contribution in [0.2, 0.25) is 0 Å². The molecule has 0 bridgehead atoms. The van der Waals surface area contributed by atoms with Crippen molar-refractivity contribution in [1.29, 1.82) is 5.26 Å². The van der Waals surface area contributed by atoms with Gasteiger partial charge in [0.05, 0.1) is 5.56 Å². The second kappa shape index (κ2) is 11.3. The molecule has 0 radical (unpaired) electrons. The minimum Gasteiger partial charge on any atom is -0.423 e. The van der Waals surface area contributed by atoms with Crippen molar-refractivity contribution in [2.24, 2.45) is 0 Å². The maximum Gasteiger partial charge on any atom is 0.343 e. The fraction of sp³-hybridized carbons (Fsp3) is 0.417. The van der Waals surface area contributed by atoms with Crippen LogP contribution in [-0.2, 0) is 12.8 Å². The molecule has 0 N–H and O–H groups in total. The first-order chi connectivity index (χ1) is 14.0. The maximum absolute atomic E-state index is 13.7. The highest BCUT2D eigenvalue weighted by Crippen LogP contribution is 2.23. The van der Waals surface area contributed by atoms with Crippen molar-refractivity contribution in [3.8, 4) is 11.8 Å². The molecule has 29 heavy (non-hydrogen) atoms. The van der Waals surface area contributed by atoms with E-state index in [-0.39, 0.29) is 5.75 Å². The first-order valence-corrected chi connectivity index (χ1v) is 10.2.